The Balaban J connectivity index is 1.95. The van der Waals surface area contributed by atoms with Crippen LogP contribution in [0.4, 0.5) is 5.69 Å². The van der Waals surface area contributed by atoms with Gasteiger partial charge in [0.15, 0.2) is 5.11 Å². The van der Waals surface area contributed by atoms with E-state index in [-0.39, 0.29) is 28.1 Å². The van der Waals surface area contributed by atoms with Crippen LogP contribution in [0.5, 0.6) is 5.75 Å². The first-order valence-corrected chi connectivity index (χ1v) is 11.0. The molecule has 2 aromatic carbocycles. The fourth-order valence-electron chi connectivity index (χ4n) is 2.39. The molecule has 9 heteroatoms. The van der Waals surface area contributed by atoms with Gasteiger partial charge in [0, 0.05) is 17.3 Å². The van der Waals surface area contributed by atoms with E-state index in [0.717, 1.165) is 0 Å². The minimum atomic E-state index is -3.56. The molecule has 2 rings (SSSR count). The van der Waals surface area contributed by atoms with E-state index in [1.165, 1.54) is 12.1 Å². The highest BCUT2D eigenvalue weighted by molar-refractivity contribution is 7.89. The summed E-state index contributed by atoms with van der Waals surface area (Å²) < 4.78 is 32.3. The molecule has 0 heterocycles. The van der Waals surface area contributed by atoms with E-state index in [0.29, 0.717) is 17.0 Å². The highest BCUT2D eigenvalue weighted by Gasteiger charge is 2.15. The van der Waals surface area contributed by atoms with Crippen LogP contribution in [0, 0.1) is 0 Å². The highest BCUT2D eigenvalue weighted by Crippen LogP contribution is 2.15. The van der Waals surface area contributed by atoms with Crippen molar-refractivity contribution in [1.82, 2.24) is 10.0 Å². The quantitative estimate of drug-likeness (QED) is 0.578. The maximum Gasteiger partial charge on any atom is 0.257 e. The second kappa shape index (κ2) is 9.82. The van der Waals surface area contributed by atoms with Gasteiger partial charge in [0.05, 0.1) is 11.0 Å². The molecule has 0 aliphatic heterocycles. The average Bonchev–Trinajstić information content (AvgIpc) is 2.61. The first kappa shape index (κ1) is 22.8. The number of carbonyl (C=O) groups excluding carboxylic acids is 1. The van der Waals surface area contributed by atoms with Gasteiger partial charge in [-0.05, 0) is 88.4 Å². The van der Waals surface area contributed by atoms with Crippen LogP contribution in [0.15, 0.2) is 53.4 Å². The van der Waals surface area contributed by atoms with Gasteiger partial charge in [-0.15, -0.1) is 0 Å². The van der Waals surface area contributed by atoms with E-state index < -0.39 is 10.0 Å². The van der Waals surface area contributed by atoms with E-state index >= 15 is 0 Å². The third kappa shape index (κ3) is 7.12. The Morgan fingerprint density at radius 3 is 2.07 bits per heavy atom. The summed E-state index contributed by atoms with van der Waals surface area (Å²) in [6.45, 7) is 7.35. The van der Waals surface area contributed by atoms with Crippen molar-refractivity contribution in [2.75, 3.05) is 5.32 Å². The fourth-order valence-corrected chi connectivity index (χ4v) is 3.85. The SMILES string of the molecule is CC(C)NS(=O)(=O)c1ccc(NC(=S)NC(=O)c2ccc(OC(C)C)cc2)cc1. The van der Waals surface area contributed by atoms with E-state index in [9.17, 15) is 13.2 Å². The van der Waals surface area contributed by atoms with Gasteiger partial charge in [0.25, 0.3) is 5.91 Å². The molecule has 0 bridgehead atoms. The standard InChI is InChI=1S/C20H25N3O4S2/c1-13(2)23-29(25,26)18-11-7-16(8-12-18)21-20(28)22-19(24)15-5-9-17(10-6-15)27-14(3)4/h5-14,23H,1-4H3,(H2,21,22,24,28). The second-order valence-electron chi connectivity index (χ2n) is 6.90. The number of thiocarbonyl (C=S) groups is 1. The molecule has 29 heavy (non-hydrogen) atoms. The molecule has 156 valence electrons. The maximum absolute atomic E-state index is 12.3. The molecule has 0 atom stereocenters. The van der Waals surface area contributed by atoms with Gasteiger partial charge < -0.3 is 10.1 Å². The summed E-state index contributed by atoms with van der Waals surface area (Å²) in [5, 5.41) is 5.55. The zero-order valence-electron chi connectivity index (χ0n) is 16.7. The number of sulfonamides is 1. The van der Waals surface area contributed by atoms with Crippen molar-refractivity contribution in [3.8, 4) is 5.75 Å². The van der Waals surface area contributed by atoms with E-state index in [4.69, 9.17) is 17.0 Å². The largest absolute Gasteiger partial charge is 0.491 e. The summed E-state index contributed by atoms with van der Waals surface area (Å²) in [4.78, 5) is 12.4. The predicted octanol–water partition coefficient (Wildman–Crippen LogP) is 3.29. The number of carbonyl (C=O) groups is 1. The van der Waals surface area contributed by atoms with Crippen LogP contribution in [-0.4, -0.2) is 31.6 Å². The molecule has 0 unspecified atom stereocenters. The minimum absolute atomic E-state index is 0.0500. The molecule has 0 aliphatic carbocycles. The number of benzene rings is 2. The van der Waals surface area contributed by atoms with E-state index in [1.54, 1.807) is 50.2 Å². The summed E-state index contributed by atoms with van der Waals surface area (Å²) in [7, 11) is -3.56. The molecule has 0 saturated heterocycles. The minimum Gasteiger partial charge on any atom is -0.491 e. The molecular weight excluding hydrogens is 410 g/mol. The van der Waals surface area contributed by atoms with Crippen LogP contribution >= 0.6 is 12.2 Å². The number of amides is 1. The number of hydrogen-bond acceptors (Lipinski definition) is 5. The van der Waals surface area contributed by atoms with Crippen LogP contribution in [-0.2, 0) is 10.0 Å². The Bertz CT molecular complexity index is 954. The Labute approximate surface area is 176 Å². The lowest BCUT2D eigenvalue weighted by Crippen LogP contribution is -2.34. The third-order valence-electron chi connectivity index (χ3n) is 3.53. The van der Waals surface area contributed by atoms with Gasteiger partial charge in [-0.1, -0.05) is 0 Å². The molecule has 7 nitrogen and oxygen atoms in total. The Hall–Kier alpha value is -2.49. The Morgan fingerprint density at radius 1 is 0.966 bits per heavy atom. The van der Waals surface area contributed by atoms with Crippen LogP contribution in [0.25, 0.3) is 0 Å². The summed E-state index contributed by atoms with van der Waals surface area (Å²) in [6, 6.07) is 12.6. The van der Waals surface area contributed by atoms with Gasteiger partial charge in [-0.2, -0.15) is 0 Å². The third-order valence-corrected chi connectivity index (χ3v) is 5.41. The first-order chi connectivity index (χ1) is 13.6. The lowest BCUT2D eigenvalue weighted by atomic mass is 10.2. The number of ether oxygens (including phenoxy) is 1. The van der Waals surface area contributed by atoms with Crippen molar-refractivity contribution in [2.24, 2.45) is 0 Å². The van der Waals surface area contributed by atoms with Crippen molar-refractivity contribution >= 4 is 38.9 Å². The van der Waals surface area contributed by atoms with Gasteiger partial charge in [-0.3, -0.25) is 10.1 Å². The van der Waals surface area contributed by atoms with Crippen molar-refractivity contribution in [3.05, 3.63) is 54.1 Å². The molecule has 0 aromatic heterocycles. The van der Waals surface area contributed by atoms with Crippen LogP contribution in [0.1, 0.15) is 38.1 Å². The van der Waals surface area contributed by atoms with Crippen molar-refractivity contribution in [1.29, 1.82) is 0 Å². The van der Waals surface area contributed by atoms with Gasteiger partial charge in [-0.25, -0.2) is 13.1 Å². The lowest BCUT2D eigenvalue weighted by molar-refractivity contribution is 0.0977. The van der Waals surface area contributed by atoms with Crippen molar-refractivity contribution in [2.45, 2.75) is 44.7 Å². The van der Waals surface area contributed by atoms with Crippen LogP contribution in [0.3, 0.4) is 0 Å². The fraction of sp³-hybridized carbons (Fsp3) is 0.300. The Kier molecular flexibility index (Phi) is 7.72. The molecule has 0 fully saturated rings. The number of hydrogen-bond donors (Lipinski definition) is 3. The summed E-state index contributed by atoms with van der Waals surface area (Å²) in [6.07, 6.45) is 0.0500. The van der Waals surface area contributed by atoms with Crippen molar-refractivity contribution < 1.29 is 17.9 Å². The molecule has 1 amide bonds. The molecule has 2 aromatic rings. The van der Waals surface area contributed by atoms with Crippen LogP contribution in [0.2, 0.25) is 0 Å². The number of rotatable bonds is 7. The van der Waals surface area contributed by atoms with E-state index in [2.05, 4.69) is 15.4 Å². The van der Waals surface area contributed by atoms with E-state index in [1.807, 2.05) is 13.8 Å². The average molecular weight is 436 g/mol. The Morgan fingerprint density at radius 2 is 1.55 bits per heavy atom. The summed E-state index contributed by atoms with van der Waals surface area (Å²) >= 11 is 5.16. The monoisotopic (exact) mass is 435 g/mol. The predicted molar refractivity (Wildman–Crippen MR) is 118 cm³/mol. The highest BCUT2D eigenvalue weighted by atomic mass is 32.2. The first-order valence-electron chi connectivity index (χ1n) is 9.08. The zero-order valence-corrected chi connectivity index (χ0v) is 18.4. The molecule has 0 saturated carbocycles. The van der Waals surface area contributed by atoms with Gasteiger partial charge in [0.1, 0.15) is 5.75 Å². The second-order valence-corrected chi connectivity index (χ2v) is 9.02. The molecule has 0 aliphatic rings. The molecule has 3 N–H and O–H groups in total. The number of nitrogens with one attached hydrogen (secondary N) is 3. The van der Waals surface area contributed by atoms with Crippen molar-refractivity contribution in [3.63, 3.8) is 0 Å². The lowest BCUT2D eigenvalue weighted by Gasteiger charge is -2.12. The van der Waals surface area contributed by atoms with Gasteiger partial charge in [0.2, 0.25) is 10.0 Å². The smallest absolute Gasteiger partial charge is 0.257 e. The summed E-state index contributed by atoms with van der Waals surface area (Å²) in [5.41, 5.74) is 0.992. The molecule has 0 spiro atoms. The maximum atomic E-state index is 12.3. The molecular formula is C20H25N3O4S2. The van der Waals surface area contributed by atoms with Gasteiger partial charge >= 0.3 is 0 Å². The number of anilines is 1. The van der Waals surface area contributed by atoms with Crippen LogP contribution < -0.4 is 20.1 Å². The summed E-state index contributed by atoms with van der Waals surface area (Å²) in [5.74, 6) is 0.318. The zero-order chi connectivity index (χ0) is 21.6. The normalized spacial score (nSPS) is 11.4. The topological polar surface area (TPSA) is 96.5 Å². The molecule has 0 radical (unpaired) electrons.